The van der Waals surface area contributed by atoms with Gasteiger partial charge in [-0.25, -0.2) is 0 Å². The molecular formula is C21H24N4OS2. The summed E-state index contributed by atoms with van der Waals surface area (Å²) in [5.41, 5.74) is 1.01. The van der Waals surface area contributed by atoms with Crippen LogP contribution >= 0.6 is 23.1 Å². The van der Waals surface area contributed by atoms with Gasteiger partial charge in [-0.15, -0.1) is 21.5 Å². The average Bonchev–Trinajstić information content (AvgIpc) is 3.35. The molecule has 1 fully saturated rings. The van der Waals surface area contributed by atoms with Gasteiger partial charge in [0.05, 0.1) is 10.6 Å². The van der Waals surface area contributed by atoms with E-state index in [1.54, 1.807) is 11.3 Å². The van der Waals surface area contributed by atoms with Crippen LogP contribution in [0.2, 0.25) is 0 Å². The summed E-state index contributed by atoms with van der Waals surface area (Å²) in [6.45, 7) is 6.16. The van der Waals surface area contributed by atoms with Crippen molar-refractivity contribution in [1.82, 2.24) is 19.7 Å². The lowest BCUT2D eigenvalue weighted by atomic mass is 9.92. The Bertz CT molecular complexity index is 913. The molecule has 1 aliphatic rings. The molecule has 2 atom stereocenters. The molecular weight excluding hydrogens is 388 g/mol. The Balaban J connectivity index is 1.56. The predicted molar refractivity (Wildman–Crippen MR) is 115 cm³/mol. The predicted octanol–water partition coefficient (Wildman–Crippen LogP) is 4.59. The second-order valence-electron chi connectivity index (χ2n) is 7.49. The highest BCUT2D eigenvalue weighted by Crippen LogP contribution is 2.31. The number of para-hydroxylation sites is 1. The zero-order chi connectivity index (χ0) is 19.5. The van der Waals surface area contributed by atoms with Gasteiger partial charge < -0.3 is 4.90 Å². The lowest BCUT2D eigenvalue weighted by molar-refractivity contribution is -0.130. The lowest BCUT2D eigenvalue weighted by Gasteiger charge is -2.34. The number of piperidine rings is 1. The summed E-state index contributed by atoms with van der Waals surface area (Å²) < 4.78 is 2.05. The van der Waals surface area contributed by atoms with E-state index in [4.69, 9.17) is 0 Å². The number of likely N-dealkylation sites (tertiary alicyclic amines) is 1. The van der Waals surface area contributed by atoms with E-state index >= 15 is 0 Å². The summed E-state index contributed by atoms with van der Waals surface area (Å²) in [7, 11) is 0. The van der Waals surface area contributed by atoms with Crippen molar-refractivity contribution in [1.29, 1.82) is 0 Å². The fourth-order valence-corrected chi connectivity index (χ4v) is 5.38. The normalized spacial score (nSPS) is 19.7. The number of carbonyl (C=O) groups is 1. The molecule has 0 N–H and O–H groups in total. The quantitative estimate of drug-likeness (QED) is 0.575. The van der Waals surface area contributed by atoms with Crippen molar-refractivity contribution in [2.75, 3.05) is 18.8 Å². The van der Waals surface area contributed by atoms with Gasteiger partial charge in [-0.05, 0) is 41.8 Å². The van der Waals surface area contributed by atoms with Crippen molar-refractivity contribution in [3.63, 3.8) is 0 Å². The van der Waals surface area contributed by atoms with E-state index in [1.807, 2.05) is 57.3 Å². The fourth-order valence-electron chi connectivity index (χ4n) is 3.82. The van der Waals surface area contributed by atoms with Crippen LogP contribution in [0, 0.1) is 11.8 Å². The maximum atomic E-state index is 12.8. The SMILES string of the molecule is CC1CC(C)CN(C(=O)CSc2nnc(-c3cccs3)n2-c2ccccc2)C1. The molecule has 5 nitrogen and oxygen atoms in total. The first-order valence-electron chi connectivity index (χ1n) is 9.57. The number of benzene rings is 1. The number of amides is 1. The molecule has 0 radical (unpaired) electrons. The van der Waals surface area contributed by atoms with E-state index in [0.29, 0.717) is 17.6 Å². The maximum absolute atomic E-state index is 12.8. The Morgan fingerprint density at radius 1 is 1.11 bits per heavy atom. The molecule has 1 aliphatic heterocycles. The third kappa shape index (κ3) is 4.15. The third-order valence-electron chi connectivity index (χ3n) is 4.94. The van der Waals surface area contributed by atoms with Gasteiger partial charge in [0.15, 0.2) is 11.0 Å². The standard InChI is InChI=1S/C21H24N4OS2/c1-15-11-16(2)13-24(12-15)19(26)14-28-21-23-22-20(18-9-6-10-27-18)25(21)17-7-4-3-5-8-17/h3-10,15-16H,11-14H2,1-2H3. The van der Waals surface area contributed by atoms with Crippen LogP contribution in [-0.2, 0) is 4.79 Å². The van der Waals surface area contributed by atoms with Gasteiger partial charge in [-0.3, -0.25) is 9.36 Å². The summed E-state index contributed by atoms with van der Waals surface area (Å²) in [6.07, 6.45) is 1.20. The first-order valence-corrected chi connectivity index (χ1v) is 11.4. The lowest BCUT2D eigenvalue weighted by Crippen LogP contribution is -2.43. The van der Waals surface area contributed by atoms with Crippen molar-refractivity contribution < 1.29 is 4.79 Å². The monoisotopic (exact) mass is 412 g/mol. The average molecular weight is 413 g/mol. The summed E-state index contributed by atoms with van der Waals surface area (Å²) >= 11 is 3.10. The third-order valence-corrected chi connectivity index (χ3v) is 6.72. The van der Waals surface area contributed by atoms with Gasteiger partial charge in [-0.2, -0.15) is 0 Å². The van der Waals surface area contributed by atoms with Gasteiger partial charge in [0.2, 0.25) is 5.91 Å². The number of hydrogen-bond donors (Lipinski definition) is 0. The molecule has 2 aromatic heterocycles. The molecule has 0 spiro atoms. The molecule has 3 aromatic rings. The highest BCUT2D eigenvalue weighted by molar-refractivity contribution is 7.99. The minimum atomic E-state index is 0.184. The van der Waals surface area contributed by atoms with Crippen LogP contribution in [0.3, 0.4) is 0 Å². The Morgan fingerprint density at radius 2 is 1.86 bits per heavy atom. The smallest absolute Gasteiger partial charge is 0.233 e. The highest BCUT2D eigenvalue weighted by Gasteiger charge is 2.26. The molecule has 146 valence electrons. The number of thioether (sulfide) groups is 1. The van der Waals surface area contributed by atoms with Crippen LogP contribution < -0.4 is 0 Å². The molecule has 4 rings (SSSR count). The van der Waals surface area contributed by atoms with E-state index in [0.717, 1.165) is 34.6 Å². The first-order chi connectivity index (χ1) is 13.6. The molecule has 3 heterocycles. The number of aromatic nitrogens is 3. The molecule has 28 heavy (non-hydrogen) atoms. The number of thiophene rings is 1. The largest absolute Gasteiger partial charge is 0.341 e. The Labute approximate surface area is 173 Å². The Kier molecular flexibility index (Phi) is 5.82. The van der Waals surface area contributed by atoms with Gasteiger partial charge in [-0.1, -0.05) is 49.9 Å². The molecule has 1 saturated heterocycles. The number of carbonyl (C=O) groups excluding carboxylic acids is 1. The van der Waals surface area contributed by atoms with Crippen LogP contribution in [-0.4, -0.2) is 44.4 Å². The number of nitrogens with zero attached hydrogens (tertiary/aromatic N) is 4. The van der Waals surface area contributed by atoms with Crippen molar-refractivity contribution in [2.45, 2.75) is 25.4 Å². The summed E-state index contributed by atoms with van der Waals surface area (Å²) in [4.78, 5) is 15.9. The first kappa shape index (κ1) is 19.2. The zero-order valence-corrected chi connectivity index (χ0v) is 17.7. The molecule has 2 unspecified atom stereocenters. The van der Waals surface area contributed by atoms with E-state index in [2.05, 4.69) is 24.0 Å². The number of rotatable bonds is 5. The molecule has 0 saturated carbocycles. The summed E-state index contributed by atoms with van der Waals surface area (Å²) in [5, 5.41) is 11.6. The van der Waals surface area contributed by atoms with Crippen LogP contribution in [0.5, 0.6) is 0 Å². The molecule has 0 bridgehead atoms. The van der Waals surface area contributed by atoms with Crippen LogP contribution in [0.25, 0.3) is 16.4 Å². The zero-order valence-electron chi connectivity index (χ0n) is 16.1. The second kappa shape index (κ2) is 8.49. The van der Waals surface area contributed by atoms with Crippen molar-refractivity contribution >= 4 is 29.0 Å². The van der Waals surface area contributed by atoms with Crippen molar-refractivity contribution in [3.05, 3.63) is 47.8 Å². The minimum Gasteiger partial charge on any atom is -0.341 e. The van der Waals surface area contributed by atoms with E-state index < -0.39 is 0 Å². The molecule has 0 aliphatic carbocycles. The second-order valence-corrected chi connectivity index (χ2v) is 9.38. The minimum absolute atomic E-state index is 0.184. The van der Waals surface area contributed by atoms with E-state index in [9.17, 15) is 4.79 Å². The van der Waals surface area contributed by atoms with Crippen molar-refractivity contribution in [2.24, 2.45) is 11.8 Å². The van der Waals surface area contributed by atoms with E-state index in [-0.39, 0.29) is 5.91 Å². The van der Waals surface area contributed by atoms with Crippen LogP contribution in [0.1, 0.15) is 20.3 Å². The van der Waals surface area contributed by atoms with Gasteiger partial charge in [0, 0.05) is 18.8 Å². The fraction of sp³-hybridized carbons (Fsp3) is 0.381. The Morgan fingerprint density at radius 3 is 2.54 bits per heavy atom. The Hall–Kier alpha value is -2.12. The van der Waals surface area contributed by atoms with Gasteiger partial charge >= 0.3 is 0 Å². The van der Waals surface area contributed by atoms with Gasteiger partial charge in [0.25, 0.3) is 0 Å². The summed E-state index contributed by atoms with van der Waals surface area (Å²) in [6, 6.07) is 14.1. The van der Waals surface area contributed by atoms with Gasteiger partial charge in [0.1, 0.15) is 0 Å². The van der Waals surface area contributed by atoms with E-state index in [1.165, 1.54) is 18.2 Å². The van der Waals surface area contributed by atoms with Crippen LogP contribution in [0.15, 0.2) is 53.0 Å². The molecule has 7 heteroatoms. The topological polar surface area (TPSA) is 51.0 Å². The summed E-state index contributed by atoms with van der Waals surface area (Å²) in [5.74, 6) is 2.52. The highest BCUT2D eigenvalue weighted by atomic mass is 32.2. The number of hydrogen-bond acceptors (Lipinski definition) is 5. The molecule has 1 aromatic carbocycles. The maximum Gasteiger partial charge on any atom is 0.233 e. The molecule has 1 amide bonds. The van der Waals surface area contributed by atoms with Crippen LogP contribution in [0.4, 0.5) is 0 Å². The van der Waals surface area contributed by atoms with Crippen molar-refractivity contribution in [3.8, 4) is 16.4 Å².